The van der Waals surface area contributed by atoms with Gasteiger partial charge >= 0.3 is 0 Å². The third-order valence-corrected chi connectivity index (χ3v) is 5.93. The first kappa shape index (κ1) is 22.9. The maximum Gasteiger partial charge on any atom is 0.156 e. The number of phenolic OH excluding ortho intramolecular Hbond substituents is 2. The van der Waals surface area contributed by atoms with Gasteiger partial charge in [0.25, 0.3) is 0 Å². The van der Waals surface area contributed by atoms with Crippen LogP contribution >= 0.6 is 0 Å². The molecular weight excluding hydrogens is 428 g/mol. The summed E-state index contributed by atoms with van der Waals surface area (Å²) in [5, 5.41) is 21.7. The predicted molar refractivity (Wildman–Crippen MR) is 131 cm³/mol. The van der Waals surface area contributed by atoms with E-state index in [-0.39, 0.29) is 17.3 Å². The zero-order valence-electron chi connectivity index (χ0n) is 19.0. The summed E-state index contributed by atoms with van der Waals surface area (Å²) in [6.07, 6.45) is 0. The summed E-state index contributed by atoms with van der Waals surface area (Å²) in [4.78, 5) is 14.4. The van der Waals surface area contributed by atoms with Crippen LogP contribution in [0.4, 0.5) is 0 Å². The molecule has 0 radical (unpaired) electrons. The van der Waals surface area contributed by atoms with Gasteiger partial charge in [0.2, 0.25) is 0 Å². The molecule has 0 aromatic heterocycles. The number of ketones is 1. The number of hydrogen-bond acceptors (Lipinski definition) is 5. The zero-order valence-corrected chi connectivity index (χ0v) is 19.0. The average molecular weight is 455 g/mol. The Morgan fingerprint density at radius 1 is 0.618 bits per heavy atom. The molecule has 0 saturated carbocycles. The Hall–Kier alpha value is -4.25. The minimum absolute atomic E-state index is 0.0349. The van der Waals surface area contributed by atoms with Crippen LogP contribution in [0.2, 0.25) is 0 Å². The normalized spacial score (nSPS) is 12.5. The molecule has 4 aromatic carbocycles. The molecule has 0 amide bonds. The van der Waals surface area contributed by atoms with Crippen LogP contribution in [0.5, 0.6) is 23.0 Å². The second kappa shape index (κ2) is 10.1. The first-order valence-electron chi connectivity index (χ1n) is 10.9. The van der Waals surface area contributed by atoms with E-state index in [1.54, 1.807) is 24.3 Å². The Bertz CT molecular complexity index is 1170. The van der Waals surface area contributed by atoms with Crippen molar-refractivity contribution >= 4 is 5.78 Å². The molecule has 0 spiro atoms. The van der Waals surface area contributed by atoms with Crippen LogP contribution in [0.25, 0.3) is 0 Å². The fourth-order valence-electron chi connectivity index (χ4n) is 4.24. The molecule has 0 fully saturated rings. The third kappa shape index (κ3) is 4.59. The molecule has 172 valence electrons. The van der Waals surface area contributed by atoms with Gasteiger partial charge in [0.15, 0.2) is 5.78 Å². The van der Waals surface area contributed by atoms with E-state index in [0.29, 0.717) is 22.6 Å². The fraction of sp³-hybridized carbons (Fsp3) is 0.138. The van der Waals surface area contributed by atoms with Crippen LogP contribution in [0, 0.1) is 0 Å². The summed E-state index contributed by atoms with van der Waals surface area (Å²) < 4.78 is 10.5. The number of benzene rings is 4. The molecule has 4 aromatic rings. The molecule has 5 heteroatoms. The first-order chi connectivity index (χ1) is 16.5. The fourth-order valence-corrected chi connectivity index (χ4v) is 4.24. The Kier molecular flexibility index (Phi) is 6.83. The highest BCUT2D eigenvalue weighted by Crippen LogP contribution is 2.42. The van der Waals surface area contributed by atoms with Crippen molar-refractivity contribution in [2.75, 3.05) is 14.2 Å². The smallest absolute Gasteiger partial charge is 0.156 e. The maximum atomic E-state index is 14.4. The van der Waals surface area contributed by atoms with Crippen molar-refractivity contribution in [2.45, 2.75) is 11.8 Å². The van der Waals surface area contributed by atoms with Gasteiger partial charge in [0.1, 0.15) is 23.0 Å². The van der Waals surface area contributed by atoms with Crippen molar-refractivity contribution < 1.29 is 24.5 Å². The van der Waals surface area contributed by atoms with Crippen LogP contribution in [-0.4, -0.2) is 30.2 Å². The number of ether oxygens (including phenoxy) is 2. The number of Topliss-reactive ketones (excluding diaryl/α,β-unsaturated/α-hetero) is 1. The Morgan fingerprint density at radius 3 is 1.32 bits per heavy atom. The van der Waals surface area contributed by atoms with Crippen LogP contribution in [-0.2, 0) is 4.79 Å². The van der Waals surface area contributed by atoms with Crippen LogP contribution in [0.3, 0.4) is 0 Å². The Labute approximate surface area is 198 Å². The van der Waals surface area contributed by atoms with Gasteiger partial charge in [-0.3, -0.25) is 4.79 Å². The van der Waals surface area contributed by atoms with E-state index in [0.717, 1.165) is 11.1 Å². The van der Waals surface area contributed by atoms with Gasteiger partial charge in [-0.25, -0.2) is 0 Å². The van der Waals surface area contributed by atoms with Gasteiger partial charge in [0, 0.05) is 23.3 Å². The van der Waals surface area contributed by atoms with Gasteiger partial charge in [0.05, 0.1) is 26.1 Å². The minimum atomic E-state index is -0.779. The number of hydrogen-bond donors (Lipinski definition) is 2. The molecule has 2 atom stereocenters. The molecule has 2 unspecified atom stereocenters. The number of phenols is 2. The SMILES string of the molecule is COc1ccc(C(C(=O)C(c2ccccc2)c2ccc(OC)cc2O)c2ccccc2)c(O)c1. The maximum absolute atomic E-state index is 14.4. The largest absolute Gasteiger partial charge is 0.507 e. The van der Waals surface area contributed by atoms with Gasteiger partial charge in [-0.15, -0.1) is 0 Å². The van der Waals surface area contributed by atoms with E-state index in [9.17, 15) is 15.0 Å². The molecule has 4 rings (SSSR count). The summed E-state index contributed by atoms with van der Waals surface area (Å²) >= 11 is 0. The summed E-state index contributed by atoms with van der Waals surface area (Å²) in [5.41, 5.74) is 2.40. The van der Waals surface area contributed by atoms with Crippen LogP contribution < -0.4 is 9.47 Å². The molecule has 0 aliphatic carbocycles. The molecule has 0 aliphatic heterocycles. The first-order valence-corrected chi connectivity index (χ1v) is 10.9. The lowest BCUT2D eigenvalue weighted by molar-refractivity contribution is -0.120. The molecule has 2 N–H and O–H groups in total. The number of methoxy groups -OCH3 is 2. The van der Waals surface area contributed by atoms with Gasteiger partial charge in [-0.2, -0.15) is 0 Å². The topological polar surface area (TPSA) is 76.0 Å². The molecule has 0 bridgehead atoms. The second-order valence-electron chi connectivity index (χ2n) is 7.94. The van der Waals surface area contributed by atoms with E-state index >= 15 is 0 Å². The van der Waals surface area contributed by atoms with Crippen molar-refractivity contribution in [3.8, 4) is 23.0 Å². The monoisotopic (exact) mass is 454 g/mol. The standard InChI is InChI=1S/C29H26O5/c1-33-21-13-15-23(25(30)17-21)27(19-9-5-3-6-10-19)29(32)28(20-11-7-4-8-12-20)24-16-14-22(34-2)18-26(24)31/h3-18,27-28,30-31H,1-2H3. The Balaban J connectivity index is 1.91. The average Bonchev–Trinajstić information content (AvgIpc) is 2.87. The number of carbonyl (C=O) groups is 1. The van der Waals surface area contributed by atoms with Crippen molar-refractivity contribution in [2.24, 2.45) is 0 Å². The van der Waals surface area contributed by atoms with Crippen molar-refractivity contribution in [1.82, 2.24) is 0 Å². The highest BCUT2D eigenvalue weighted by Gasteiger charge is 2.34. The minimum Gasteiger partial charge on any atom is -0.507 e. The van der Waals surface area contributed by atoms with Gasteiger partial charge in [-0.05, 0) is 23.3 Å². The quantitative estimate of drug-likeness (QED) is 0.360. The lowest BCUT2D eigenvalue weighted by Gasteiger charge is -2.25. The predicted octanol–water partition coefficient (Wildman–Crippen LogP) is 5.65. The molecule has 34 heavy (non-hydrogen) atoms. The molecular formula is C29H26O5. The Morgan fingerprint density at radius 2 is 1.00 bits per heavy atom. The third-order valence-electron chi connectivity index (χ3n) is 5.93. The summed E-state index contributed by atoms with van der Waals surface area (Å²) in [6.45, 7) is 0. The van der Waals surface area contributed by atoms with E-state index in [1.165, 1.54) is 26.4 Å². The highest BCUT2D eigenvalue weighted by molar-refractivity contribution is 5.98. The van der Waals surface area contributed by atoms with E-state index in [2.05, 4.69) is 0 Å². The van der Waals surface area contributed by atoms with E-state index in [4.69, 9.17) is 9.47 Å². The van der Waals surface area contributed by atoms with Crippen LogP contribution in [0.15, 0.2) is 97.1 Å². The lowest BCUT2D eigenvalue weighted by atomic mass is 9.76. The van der Waals surface area contributed by atoms with E-state index < -0.39 is 11.8 Å². The second-order valence-corrected chi connectivity index (χ2v) is 7.94. The van der Waals surface area contributed by atoms with Crippen LogP contribution in [0.1, 0.15) is 34.1 Å². The molecule has 0 heterocycles. The van der Waals surface area contributed by atoms with Gasteiger partial charge < -0.3 is 19.7 Å². The lowest BCUT2D eigenvalue weighted by Crippen LogP contribution is -2.23. The van der Waals surface area contributed by atoms with Crippen molar-refractivity contribution in [3.05, 3.63) is 119 Å². The molecule has 0 aliphatic rings. The number of aromatic hydroxyl groups is 2. The highest BCUT2D eigenvalue weighted by atomic mass is 16.5. The number of rotatable bonds is 8. The summed E-state index contributed by atoms with van der Waals surface area (Å²) in [6, 6.07) is 28.5. The van der Waals surface area contributed by atoms with Crippen molar-refractivity contribution in [1.29, 1.82) is 0 Å². The summed E-state index contributed by atoms with van der Waals surface area (Å²) in [5.74, 6) is -0.823. The van der Waals surface area contributed by atoms with Gasteiger partial charge in [-0.1, -0.05) is 72.8 Å². The molecule has 0 saturated heterocycles. The summed E-state index contributed by atoms with van der Waals surface area (Å²) in [7, 11) is 3.04. The van der Waals surface area contributed by atoms with E-state index in [1.807, 2.05) is 60.7 Å². The molecule has 5 nitrogen and oxygen atoms in total. The number of carbonyl (C=O) groups excluding carboxylic acids is 1. The zero-order chi connectivity index (χ0) is 24.1. The van der Waals surface area contributed by atoms with Crippen molar-refractivity contribution in [3.63, 3.8) is 0 Å².